The number of hydrogen-bond donors (Lipinski definition) is 1. The van der Waals surface area contributed by atoms with Crippen LogP contribution in [0.25, 0.3) is 11.1 Å². The number of hydrogen-bond acceptors (Lipinski definition) is 4. The predicted octanol–water partition coefficient (Wildman–Crippen LogP) is 3.10. The number of oxazole rings is 1. The molecule has 4 rings (SSSR count). The van der Waals surface area contributed by atoms with Gasteiger partial charge in [0, 0.05) is 32.6 Å². The van der Waals surface area contributed by atoms with Crippen LogP contribution in [0.2, 0.25) is 0 Å². The minimum Gasteiger partial charge on any atom is -0.406 e. The fraction of sp³-hybridized carbons (Fsp3) is 0.333. The molecular weight excluding hydrogens is 361 g/mol. The molecule has 2 aromatic carbocycles. The molecule has 1 aliphatic heterocycles. The molecule has 2 heterocycles. The number of rotatable bonds is 4. The van der Waals surface area contributed by atoms with Crippen molar-refractivity contribution in [2.75, 3.05) is 31.1 Å². The second-order valence-electron chi connectivity index (χ2n) is 7.19. The maximum absolute atomic E-state index is 13.1. The number of aromatic nitrogens is 1. The molecule has 146 valence electrons. The van der Waals surface area contributed by atoms with Gasteiger partial charge in [0.05, 0.1) is 11.2 Å². The molecule has 1 atom stereocenters. The normalized spacial score (nSPS) is 15.8. The third-order valence-electron chi connectivity index (χ3n) is 5.32. The number of halogens is 1. The van der Waals surface area contributed by atoms with Gasteiger partial charge in [0.1, 0.15) is 5.82 Å². The van der Waals surface area contributed by atoms with E-state index in [4.69, 9.17) is 4.42 Å². The van der Waals surface area contributed by atoms with Crippen molar-refractivity contribution in [2.45, 2.75) is 19.3 Å². The Bertz CT molecular complexity index is 1030. The van der Waals surface area contributed by atoms with Crippen LogP contribution >= 0.6 is 0 Å². The van der Waals surface area contributed by atoms with Gasteiger partial charge in [-0.2, -0.15) is 0 Å². The summed E-state index contributed by atoms with van der Waals surface area (Å²) in [5.74, 6) is -0.602. The first-order chi connectivity index (χ1) is 13.5. The molecule has 1 fully saturated rings. The number of carbonyl (C=O) groups is 1. The van der Waals surface area contributed by atoms with E-state index in [2.05, 4.69) is 9.88 Å². The largest absolute Gasteiger partial charge is 0.417 e. The zero-order valence-corrected chi connectivity index (χ0v) is 15.7. The third kappa shape index (κ3) is 3.65. The van der Waals surface area contributed by atoms with Crippen molar-refractivity contribution in [3.05, 3.63) is 64.4 Å². The van der Waals surface area contributed by atoms with E-state index in [0.717, 1.165) is 11.3 Å². The lowest BCUT2D eigenvalue weighted by Gasteiger charge is -2.36. The van der Waals surface area contributed by atoms with Crippen LogP contribution < -0.4 is 10.7 Å². The molecule has 0 spiro atoms. The Morgan fingerprint density at radius 1 is 1.14 bits per heavy atom. The molecule has 0 aliphatic carbocycles. The van der Waals surface area contributed by atoms with Gasteiger partial charge in [0.2, 0.25) is 5.91 Å². The number of anilines is 1. The molecule has 28 heavy (non-hydrogen) atoms. The maximum atomic E-state index is 13.1. The molecule has 1 amide bonds. The maximum Gasteiger partial charge on any atom is 0.417 e. The highest BCUT2D eigenvalue weighted by Gasteiger charge is 2.24. The Hall–Kier alpha value is -3.09. The van der Waals surface area contributed by atoms with Gasteiger partial charge in [-0.15, -0.1) is 0 Å². The van der Waals surface area contributed by atoms with Crippen molar-refractivity contribution < 1.29 is 13.6 Å². The van der Waals surface area contributed by atoms with Gasteiger partial charge in [0.15, 0.2) is 5.58 Å². The number of aromatic amines is 1. The van der Waals surface area contributed by atoms with Gasteiger partial charge in [-0.05, 0) is 35.7 Å². The van der Waals surface area contributed by atoms with Gasteiger partial charge in [-0.25, -0.2) is 9.18 Å². The lowest BCUT2D eigenvalue weighted by atomic mass is 9.97. The molecule has 1 N–H and O–H groups in total. The Labute approximate surface area is 161 Å². The van der Waals surface area contributed by atoms with Crippen molar-refractivity contribution in [3.63, 3.8) is 0 Å². The fourth-order valence-corrected chi connectivity index (χ4v) is 3.70. The number of para-hydroxylation sites is 1. The highest BCUT2D eigenvalue weighted by molar-refractivity contribution is 5.86. The summed E-state index contributed by atoms with van der Waals surface area (Å²) in [6.45, 7) is 4.55. The van der Waals surface area contributed by atoms with E-state index >= 15 is 0 Å². The molecule has 1 aromatic heterocycles. The average Bonchev–Trinajstić information content (AvgIpc) is 3.08. The van der Waals surface area contributed by atoms with Crippen LogP contribution in [0, 0.1) is 5.82 Å². The van der Waals surface area contributed by atoms with E-state index < -0.39 is 5.76 Å². The number of benzene rings is 2. The monoisotopic (exact) mass is 383 g/mol. The number of carbonyl (C=O) groups excluding carboxylic acids is 1. The zero-order valence-electron chi connectivity index (χ0n) is 15.7. The molecule has 3 aromatic rings. The molecule has 1 aliphatic rings. The summed E-state index contributed by atoms with van der Waals surface area (Å²) in [6.07, 6.45) is 0.397. The minimum absolute atomic E-state index is 0.0361. The van der Waals surface area contributed by atoms with Gasteiger partial charge in [-0.1, -0.05) is 25.1 Å². The molecule has 0 radical (unpaired) electrons. The summed E-state index contributed by atoms with van der Waals surface area (Å²) >= 11 is 0. The minimum atomic E-state index is -0.467. The lowest BCUT2D eigenvalue weighted by Crippen LogP contribution is -2.49. The second-order valence-corrected chi connectivity index (χ2v) is 7.19. The first-order valence-corrected chi connectivity index (χ1v) is 9.41. The smallest absolute Gasteiger partial charge is 0.406 e. The summed E-state index contributed by atoms with van der Waals surface area (Å²) in [4.78, 5) is 30.8. The first-order valence-electron chi connectivity index (χ1n) is 9.41. The summed E-state index contributed by atoms with van der Waals surface area (Å²) in [5, 5.41) is 0. The Balaban J connectivity index is 1.38. The van der Waals surface area contributed by atoms with Crippen LogP contribution in [0.1, 0.15) is 24.8 Å². The molecule has 1 saturated heterocycles. The van der Waals surface area contributed by atoms with E-state index in [-0.39, 0.29) is 17.6 Å². The summed E-state index contributed by atoms with van der Waals surface area (Å²) < 4.78 is 18.3. The number of nitrogens with zero attached hydrogens (tertiary/aromatic N) is 2. The number of amides is 1. The number of piperazine rings is 1. The van der Waals surface area contributed by atoms with E-state index in [9.17, 15) is 14.0 Å². The van der Waals surface area contributed by atoms with Crippen LogP contribution in [0.5, 0.6) is 0 Å². The van der Waals surface area contributed by atoms with Gasteiger partial charge < -0.3 is 14.2 Å². The third-order valence-corrected chi connectivity index (χ3v) is 5.32. The van der Waals surface area contributed by atoms with Crippen molar-refractivity contribution in [2.24, 2.45) is 0 Å². The second kappa shape index (κ2) is 7.50. The van der Waals surface area contributed by atoms with Crippen LogP contribution in [-0.2, 0) is 4.79 Å². The lowest BCUT2D eigenvalue weighted by molar-refractivity contribution is -0.131. The Morgan fingerprint density at radius 2 is 1.86 bits per heavy atom. The molecule has 0 saturated carbocycles. The van der Waals surface area contributed by atoms with Crippen LogP contribution in [-0.4, -0.2) is 42.0 Å². The quantitative estimate of drug-likeness (QED) is 0.752. The van der Waals surface area contributed by atoms with Crippen molar-refractivity contribution in [1.29, 1.82) is 0 Å². The van der Waals surface area contributed by atoms with E-state index in [1.807, 2.05) is 24.0 Å². The van der Waals surface area contributed by atoms with Crippen LogP contribution in [0.3, 0.4) is 0 Å². The zero-order chi connectivity index (χ0) is 19.7. The van der Waals surface area contributed by atoms with Gasteiger partial charge in [0.25, 0.3) is 0 Å². The predicted molar refractivity (Wildman–Crippen MR) is 105 cm³/mol. The number of fused-ring (bicyclic) bond motifs is 1. The van der Waals surface area contributed by atoms with E-state index in [1.54, 1.807) is 18.2 Å². The number of nitrogens with one attached hydrogen (secondary N) is 1. The SMILES string of the molecule is CC(CC(=O)N1CCN(c2cccc3[nH]c(=O)oc23)CC1)c1ccc(F)cc1. The van der Waals surface area contributed by atoms with Gasteiger partial charge >= 0.3 is 5.76 Å². The molecule has 1 unspecified atom stereocenters. The van der Waals surface area contributed by atoms with E-state index in [0.29, 0.717) is 43.7 Å². The molecular formula is C21H22FN3O3. The van der Waals surface area contributed by atoms with Gasteiger partial charge in [-0.3, -0.25) is 9.78 Å². The molecule has 0 bridgehead atoms. The standard InChI is InChI=1S/C21H22FN3O3/c1-14(15-5-7-16(22)8-6-15)13-19(26)25-11-9-24(10-12-25)18-4-2-3-17-20(18)28-21(27)23-17/h2-8,14H,9-13H2,1H3,(H,23,27). The van der Waals surface area contributed by atoms with Crippen molar-refractivity contribution in [3.8, 4) is 0 Å². The fourth-order valence-electron chi connectivity index (χ4n) is 3.70. The molecule has 7 heteroatoms. The summed E-state index contributed by atoms with van der Waals surface area (Å²) in [5.41, 5.74) is 3.05. The van der Waals surface area contributed by atoms with Crippen molar-refractivity contribution in [1.82, 2.24) is 9.88 Å². The highest BCUT2D eigenvalue weighted by atomic mass is 19.1. The topological polar surface area (TPSA) is 69.6 Å². The summed E-state index contributed by atoms with van der Waals surface area (Å²) in [6, 6.07) is 11.9. The Morgan fingerprint density at radius 3 is 2.57 bits per heavy atom. The first kappa shape index (κ1) is 18.3. The van der Waals surface area contributed by atoms with Crippen LogP contribution in [0.15, 0.2) is 51.7 Å². The van der Waals surface area contributed by atoms with E-state index in [1.165, 1.54) is 12.1 Å². The Kier molecular flexibility index (Phi) is 4.90. The van der Waals surface area contributed by atoms with Crippen LogP contribution in [0.4, 0.5) is 10.1 Å². The van der Waals surface area contributed by atoms with Crippen molar-refractivity contribution >= 4 is 22.7 Å². The molecule has 6 nitrogen and oxygen atoms in total. The average molecular weight is 383 g/mol. The summed E-state index contributed by atoms with van der Waals surface area (Å²) in [7, 11) is 0. The highest BCUT2D eigenvalue weighted by Crippen LogP contribution is 2.26. The number of H-pyrrole nitrogens is 1.